The van der Waals surface area contributed by atoms with Crippen molar-refractivity contribution in [2.45, 2.75) is 24.4 Å². The molecule has 1 saturated heterocycles. The number of rotatable bonds is 4. The van der Waals surface area contributed by atoms with E-state index in [-0.39, 0.29) is 11.1 Å². The molecule has 9 nitrogen and oxygen atoms in total. The van der Waals surface area contributed by atoms with Crippen LogP contribution in [0.2, 0.25) is 0 Å². The summed E-state index contributed by atoms with van der Waals surface area (Å²) in [5.41, 5.74) is 12.4. The summed E-state index contributed by atoms with van der Waals surface area (Å²) in [5.74, 6) is 1.03. The monoisotopic (exact) mass is 400 g/mol. The quantitative estimate of drug-likeness (QED) is 0.401. The van der Waals surface area contributed by atoms with Crippen LogP contribution in [-0.4, -0.2) is 75.5 Å². The lowest BCUT2D eigenvalue weighted by Crippen LogP contribution is -2.63. The van der Waals surface area contributed by atoms with Crippen molar-refractivity contribution in [1.82, 2.24) is 5.32 Å². The van der Waals surface area contributed by atoms with Crippen molar-refractivity contribution in [3.63, 3.8) is 0 Å². The Morgan fingerprint density at radius 2 is 1.93 bits per heavy atom. The molecule has 6 N–H and O–H groups in total. The molecule has 1 aromatic carbocycles. The molecule has 0 radical (unpaired) electrons. The highest BCUT2D eigenvalue weighted by molar-refractivity contribution is 7.85. The summed E-state index contributed by atoms with van der Waals surface area (Å²) in [6, 6.07) is 5.99. The van der Waals surface area contributed by atoms with Crippen LogP contribution in [0.5, 0.6) is 0 Å². The van der Waals surface area contributed by atoms with E-state index in [1.165, 1.54) is 12.1 Å². The van der Waals surface area contributed by atoms with E-state index in [2.05, 4.69) is 10.3 Å². The molecule has 0 saturated carbocycles. The SMILES string of the molecule is Cc1ccc(S(=O)(=O)O)cc1.NCCC[N+]1(C2=NCC(N)N2)CCOCC1. The minimum absolute atomic E-state index is 0.0225. The van der Waals surface area contributed by atoms with E-state index >= 15 is 0 Å². The minimum atomic E-state index is -4.02. The van der Waals surface area contributed by atoms with Gasteiger partial charge < -0.3 is 21.5 Å². The molecule has 1 aromatic rings. The molecule has 152 valence electrons. The van der Waals surface area contributed by atoms with Crippen LogP contribution >= 0.6 is 0 Å². The first-order chi connectivity index (χ1) is 12.8. The second kappa shape index (κ2) is 9.58. The summed E-state index contributed by atoms with van der Waals surface area (Å²) in [6.07, 6.45) is 0.987. The van der Waals surface area contributed by atoms with Crippen LogP contribution in [0.3, 0.4) is 0 Å². The van der Waals surface area contributed by atoms with Gasteiger partial charge in [0.15, 0.2) is 0 Å². The molecule has 27 heavy (non-hydrogen) atoms. The standard InChI is InChI=1S/C10H22N5O.C7H8O3S/c11-2-1-3-15(4-6-16-7-5-15)10-13-8-9(12)14-10;1-6-2-4-7(5-3-6)11(8,9)10/h9H,1-8,11-12H2,(H,13,14);2-5H,1H3,(H,8,9,10)/q+1;. The van der Waals surface area contributed by atoms with E-state index in [4.69, 9.17) is 20.8 Å². The van der Waals surface area contributed by atoms with Crippen LogP contribution in [0, 0.1) is 6.92 Å². The van der Waals surface area contributed by atoms with Crippen LogP contribution < -0.4 is 16.8 Å². The topological polar surface area (TPSA) is 140 Å². The highest BCUT2D eigenvalue weighted by Crippen LogP contribution is 2.15. The Bertz CT molecular complexity index is 730. The molecule has 2 aliphatic rings. The fraction of sp³-hybridized carbons (Fsp3) is 0.588. The summed E-state index contributed by atoms with van der Waals surface area (Å²) in [4.78, 5) is 4.46. The lowest BCUT2D eigenvalue weighted by molar-refractivity contribution is -0.853. The second-order valence-corrected chi connectivity index (χ2v) is 8.20. The molecular weight excluding hydrogens is 370 g/mol. The fourth-order valence-corrected chi connectivity index (χ4v) is 3.55. The minimum Gasteiger partial charge on any atom is -0.370 e. The number of nitrogens with zero attached hydrogens (tertiary/aromatic N) is 2. The Morgan fingerprint density at radius 1 is 1.30 bits per heavy atom. The van der Waals surface area contributed by atoms with Crippen molar-refractivity contribution in [1.29, 1.82) is 0 Å². The predicted molar refractivity (Wildman–Crippen MR) is 104 cm³/mol. The van der Waals surface area contributed by atoms with Crippen molar-refractivity contribution in [3.05, 3.63) is 29.8 Å². The van der Waals surface area contributed by atoms with Gasteiger partial charge in [-0.1, -0.05) is 17.7 Å². The maximum atomic E-state index is 10.5. The van der Waals surface area contributed by atoms with Crippen LogP contribution in [0.15, 0.2) is 34.2 Å². The summed E-state index contributed by atoms with van der Waals surface area (Å²) in [5, 5.41) is 3.28. The van der Waals surface area contributed by atoms with Crippen molar-refractivity contribution in [2.75, 3.05) is 45.9 Å². The van der Waals surface area contributed by atoms with Crippen molar-refractivity contribution in [2.24, 2.45) is 16.5 Å². The first kappa shape index (κ1) is 21.7. The van der Waals surface area contributed by atoms with E-state index in [0.29, 0.717) is 6.54 Å². The third-order valence-electron chi connectivity index (χ3n) is 4.64. The maximum Gasteiger partial charge on any atom is 0.299 e. The molecule has 0 aliphatic carbocycles. The second-order valence-electron chi connectivity index (χ2n) is 6.77. The van der Waals surface area contributed by atoms with Crippen LogP contribution in [-0.2, 0) is 14.9 Å². The molecule has 0 spiro atoms. The lowest BCUT2D eigenvalue weighted by Gasteiger charge is -2.40. The van der Waals surface area contributed by atoms with Crippen molar-refractivity contribution in [3.8, 4) is 0 Å². The maximum absolute atomic E-state index is 10.5. The number of aliphatic imine (C=N–C) groups is 1. The molecule has 2 aliphatic heterocycles. The number of hydrogen-bond donors (Lipinski definition) is 4. The first-order valence-electron chi connectivity index (χ1n) is 9.02. The van der Waals surface area contributed by atoms with Crippen LogP contribution in [0.25, 0.3) is 0 Å². The van der Waals surface area contributed by atoms with E-state index in [1.807, 2.05) is 6.92 Å². The number of morpholine rings is 1. The first-order valence-corrected chi connectivity index (χ1v) is 10.5. The smallest absolute Gasteiger partial charge is 0.299 e. The van der Waals surface area contributed by atoms with Gasteiger partial charge in [0.1, 0.15) is 19.3 Å². The highest BCUT2D eigenvalue weighted by Gasteiger charge is 2.39. The number of aryl methyl sites for hydroxylation is 1. The summed E-state index contributed by atoms with van der Waals surface area (Å²) >= 11 is 0. The molecule has 0 bridgehead atoms. The van der Waals surface area contributed by atoms with Gasteiger partial charge in [0, 0.05) is 6.42 Å². The van der Waals surface area contributed by atoms with Crippen LogP contribution in [0.1, 0.15) is 12.0 Å². The fourth-order valence-electron chi connectivity index (χ4n) is 3.07. The number of ether oxygens (including phenoxy) is 1. The lowest BCUT2D eigenvalue weighted by atomic mass is 10.2. The van der Waals surface area contributed by atoms with E-state index in [0.717, 1.165) is 61.8 Å². The summed E-state index contributed by atoms with van der Waals surface area (Å²) < 4.78 is 35.8. The largest absolute Gasteiger partial charge is 0.370 e. The average Bonchev–Trinajstić information content (AvgIpc) is 3.08. The Labute approximate surface area is 160 Å². The number of hydrogen-bond acceptors (Lipinski definition) is 7. The van der Waals surface area contributed by atoms with Crippen molar-refractivity contribution < 1.29 is 22.2 Å². The molecule has 0 aromatic heterocycles. The van der Waals surface area contributed by atoms with Crippen molar-refractivity contribution >= 4 is 16.1 Å². The van der Waals surface area contributed by atoms with Crippen LogP contribution in [0.4, 0.5) is 0 Å². The van der Waals surface area contributed by atoms with Gasteiger partial charge in [-0.05, 0) is 25.6 Å². The summed E-state index contributed by atoms with van der Waals surface area (Å²) in [7, 11) is -4.02. The van der Waals surface area contributed by atoms with Gasteiger partial charge in [0.05, 0.1) is 31.2 Å². The molecule has 0 amide bonds. The third kappa shape index (κ3) is 6.23. The zero-order chi connectivity index (χ0) is 19.9. The average molecular weight is 401 g/mol. The number of quaternary nitrogens is 1. The molecule has 2 heterocycles. The number of benzene rings is 1. The third-order valence-corrected chi connectivity index (χ3v) is 5.51. The number of nitrogens with one attached hydrogen (secondary N) is 1. The van der Waals surface area contributed by atoms with E-state index < -0.39 is 10.1 Å². The van der Waals surface area contributed by atoms with Gasteiger partial charge in [0.25, 0.3) is 16.1 Å². The molecular formula is C17H30N5O4S+. The Balaban J connectivity index is 0.000000208. The Morgan fingerprint density at radius 3 is 2.41 bits per heavy atom. The van der Waals surface area contributed by atoms with Gasteiger partial charge >= 0.3 is 0 Å². The van der Waals surface area contributed by atoms with E-state index in [1.54, 1.807) is 12.1 Å². The number of guanidine groups is 1. The molecule has 3 rings (SSSR count). The number of nitrogens with two attached hydrogens (primary N) is 2. The molecule has 1 atom stereocenters. The van der Waals surface area contributed by atoms with Gasteiger partial charge in [-0.2, -0.15) is 8.42 Å². The zero-order valence-corrected chi connectivity index (χ0v) is 16.5. The molecule has 1 fully saturated rings. The van der Waals surface area contributed by atoms with E-state index in [9.17, 15) is 8.42 Å². The molecule has 10 heteroatoms. The Kier molecular flexibility index (Phi) is 7.71. The Hall–Kier alpha value is -1.56. The van der Waals surface area contributed by atoms with Gasteiger partial charge in [-0.3, -0.25) is 9.04 Å². The summed E-state index contributed by atoms with van der Waals surface area (Å²) in [6.45, 7) is 7.79. The molecule has 1 unspecified atom stereocenters. The van der Waals surface area contributed by atoms with Gasteiger partial charge in [-0.15, -0.1) is 0 Å². The highest BCUT2D eigenvalue weighted by atomic mass is 32.2. The predicted octanol–water partition coefficient (Wildman–Crippen LogP) is -0.332. The van der Waals surface area contributed by atoms with Gasteiger partial charge in [0.2, 0.25) is 0 Å². The zero-order valence-electron chi connectivity index (χ0n) is 15.7. The van der Waals surface area contributed by atoms with Gasteiger partial charge in [-0.25, -0.2) is 4.99 Å². The normalized spacial score (nSPS) is 21.6.